The van der Waals surface area contributed by atoms with E-state index in [4.69, 9.17) is 4.74 Å². The Kier molecular flexibility index (Phi) is 4.23. The molecule has 1 aliphatic rings. The van der Waals surface area contributed by atoms with Crippen molar-refractivity contribution < 1.29 is 13.9 Å². The van der Waals surface area contributed by atoms with Crippen LogP contribution in [0.3, 0.4) is 0 Å². The van der Waals surface area contributed by atoms with Gasteiger partial charge in [0.2, 0.25) is 0 Å². The number of aryl methyl sites for hydroxylation is 1. The van der Waals surface area contributed by atoms with Crippen molar-refractivity contribution in [3.05, 3.63) is 35.1 Å². The Hall–Kier alpha value is -1.38. The molecule has 104 valence electrons. The van der Waals surface area contributed by atoms with E-state index < -0.39 is 11.8 Å². The quantitative estimate of drug-likeness (QED) is 0.751. The first-order valence-electron chi connectivity index (χ1n) is 6.93. The number of hydrogen-bond acceptors (Lipinski definition) is 2. The van der Waals surface area contributed by atoms with Crippen molar-refractivity contribution in [3.63, 3.8) is 0 Å². The molecule has 2 nitrogen and oxygen atoms in total. The highest BCUT2D eigenvalue weighted by molar-refractivity contribution is 5.90. The highest BCUT2D eigenvalue weighted by Crippen LogP contribution is 2.31. The lowest BCUT2D eigenvalue weighted by atomic mass is 9.82. The maximum absolute atomic E-state index is 13.6. The van der Waals surface area contributed by atoms with Crippen LogP contribution < -0.4 is 0 Å². The van der Waals surface area contributed by atoms with Gasteiger partial charge in [-0.1, -0.05) is 25.5 Å². The molecule has 0 aromatic heterocycles. The fraction of sp³-hybridized carbons (Fsp3) is 0.562. The van der Waals surface area contributed by atoms with Crippen LogP contribution >= 0.6 is 0 Å². The van der Waals surface area contributed by atoms with Crippen molar-refractivity contribution in [2.75, 3.05) is 0 Å². The Morgan fingerprint density at radius 3 is 2.47 bits per heavy atom. The van der Waals surface area contributed by atoms with Gasteiger partial charge in [-0.05, 0) is 50.2 Å². The fourth-order valence-electron chi connectivity index (χ4n) is 2.98. The third-order valence-corrected chi connectivity index (χ3v) is 3.75. The number of ether oxygens (including phenoxy) is 1. The number of benzene rings is 1. The van der Waals surface area contributed by atoms with Gasteiger partial charge in [0, 0.05) is 0 Å². The summed E-state index contributed by atoms with van der Waals surface area (Å²) in [5.74, 6) is 0.0767. The molecule has 19 heavy (non-hydrogen) atoms. The van der Waals surface area contributed by atoms with Gasteiger partial charge < -0.3 is 4.74 Å². The first-order valence-corrected chi connectivity index (χ1v) is 6.93. The van der Waals surface area contributed by atoms with E-state index in [2.05, 4.69) is 13.8 Å². The fourth-order valence-corrected chi connectivity index (χ4v) is 2.98. The Balaban J connectivity index is 2.06. The monoisotopic (exact) mass is 264 g/mol. The van der Waals surface area contributed by atoms with Crippen LogP contribution in [0.2, 0.25) is 0 Å². The average Bonchev–Trinajstić information content (AvgIpc) is 2.30. The minimum Gasteiger partial charge on any atom is -0.459 e. The van der Waals surface area contributed by atoms with E-state index in [1.807, 2.05) is 6.92 Å². The van der Waals surface area contributed by atoms with Crippen LogP contribution in [0.4, 0.5) is 4.39 Å². The first-order chi connectivity index (χ1) is 8.95. The third kappa shape index (κ3) is 3.55. The summed E-state index contributed by atoms with van der Waals surface area (Å²) in [6.07, 6.45) is 2.85. The lowest BCUT2D eigenvalue weighted by molar-refractivity contribution is 0.00761. The summed E-state index contributed by atoms with van der Waals surface area (Å²) in [5.41, 5.74) is 0.907. The van der Waals surface area contributed by atoms with Gasteiger partial charge in [0.25, 0.3) is 0 Å². The molecular weight excluding hydrogens is 243 g/mol. The van der Waals surface area contributed by atoms with E-state index in [-0.39, 0.29) is 11.7 Å². The summed E-state index contributed by atoms with van der Waals surface area (Å²) in [7, 11) is 0. The van der Waals surface area contributed by atoms with Crippen molar-refractivity contribution in [2.45, 2.75) is 46.1 Å². The molecule has 0 aliphatic heterocycles. The molecule has 0 N–H and O–H groups in total. The molecule has 2 atom stereocenters. The normalized spacial score (nSPS) is 27.1. The lowest BCUT2D eigenvalue weighted by Gasteiger charge is -2.31. The minimum atomic E-state index is -0.535. The van der Waals surface area contributed by atoms with Crippen molar-refractivity contribution in [1.82, 2.24) is 0 Å². The van der Waals surface area contributed by atoms with Gasteiger partial charge in [-0.3, -0.25) is 0 Å². The second kappa shape index (κ2) is 5.72. The molecular formula is C16H21FO2. The van der Waals surface area contributed by atoms with E-state index >= 15 is 0 Å². The number of carbonyl (C=O) groups is 1. The number of rotatable bonds is 2. The zero-order chi connectivity index (χ0) is 14.0. The van der Waals surface area contributed by atoms with Crippen LogP contribution in [-0.2, 0) is 4.74 Å². The third-order valence-electron chi connectivity index (χ3n) is 3.75. The summed E-state index contributed by atoms with van der Waals surface area (Å²) >= 11 is 0. The van der Waals surface area contributed by atoms with Crippen molar-refractivity contribution in [2.24, 2.45) is 11.8 Å². The smallest absolute Gasteiger partial charge is 0.341 e. The second-order valence-electron chi connectivity index (χ2n) is 5.93. The zero-order valence-electron chi connectivity index (χ0n) is 11.8. The molecule has 1 fully saturated rings. The SMILES string of the molecule is Cc1ccc(F)c(C(=O)OC2CC(C)CC(C)C2)c1. The van der Waals surface area contributed by atoms with Crippen LogP contribution in [0, 0.1) is 24.6 Å². The summed E-state index contributed by atoms with van der Waals surface area (Å²) in [5, 5.41) is 0. The van der Waals surface area contributed by atoms with E-state index in [1.165, 1.54) is 12.5 Å². The van der Waals surface area contributed by atoms with Crippen LogP contribution in [0.15, 0.2) is 18.2 Å². The molecule has 1 aromatic carbocycles. The van der Waals surface area contributed by atoms with Crippen molar-refractivity contribution in [1.29, 1.82) is 0 Å². The molecule has 2 unspecified atom stereocenters. The number of halogens is 1. The topological polar surface area (TPSA) is 26.3 Å². The Bertz CT molecular complexity index is 460. The van der Waals surface area contributed by atoms with Crippen LogP contribution in [-0.4, -0.2) is 12.1 Å². The Morgan fingerprint density at radius 2 is 1.84 bits per heavy atom. The van der Waals surface area contributed by atoms with Crippen molar-refractivity contribution in [3.8, 4) is 0 Å². The summed E-state index contributed by atoms with van der Waals surface area (Å²) in [4.78, 5) is 12.0. The van der Waals surface area contributed by atoms with Gasteiger partial charge in [0.1, 0.15) is 11.9 Å². The summed E-state index contributed by atoms with van der Waals surface area (Å²) < 4.78 is 19.1. The molecule has 2 rings (SSSR count). The molecule has 1 aliphatic carbocycles. The second-order valence-corrected chi connectivity index (χ2v) is 5.93. The van der Waals surface area contributed by atoms with E-state index in [1.54, 1.807) is 12.1 Å². The molecule has 0 amide bonds. The maximum Gasteiger partial charge on any atom is 0.341 e. The van der Waals surface area contributed by atoms with Crippen LogP contribution in [0.5, 0.6) is 0 Å². The Labute approximate surface area is 114 Å². The van der Waals surface area contributed by atoms with Crippen LogP contribution in [0.1, 0.15) is 49.0 Å². The molecule has 1 saturated carbocycles. The predicted molar refractivity (Wildman–Crippen MR) is 72.5 cm³/mol. The summed E-state index contributed by atoms with van der Waals surface area (Å²) in [6, 6.07) is 4.52. The number of esters is 1. The molecule has 0 saturated heterocycles. The van der Waals surface area contributed by atoms with Crippen molar-refractivity contribution >= 4 is 5.97 Å². The van der Waals surface area contributed by atoms with E-state index in [0.717, 1.165) is 18.4 Å². The maximum atomic E-state index is 13.6. The standard InChI is InChI=1S/C16H21FO2/c1-10-4-5-15(17)14(9-10)16(18)19-13-7-11(2)6-12(3)8-13/h4-5,9,11-13H,6-8H2,1-3H3. The van der Waals surface area contributed by atoms with E-state index in [9.17, 15) is 9.18 Å². The Morgan fingerprint density at radius 1 is 1.21 bits per heavy atom. The molecule has 0 spiro atoms. The molecule has 0 bridgehead atoms. The highest BCUT2D eigenvalue weighted by atomic mass is 19.1. The van der Waals surface area contributed by atoms with Gasteiger partial charge in [-0.2, -0.15) is 0 Å². The summed E-state index contributed by atoms with van der Waals surface area (Å²) in [6.45, 7) is 6.18. The molecule has 0 heterocycles. The van der Waals surface area contributed by atoms with Gasteiger partial charge in [-0.25, -0.2) is 9.18 Å². The van der Waals surface area contributed by atoms with Crippen LogP contribution in [0.25, 0.3) is 0 Å². The molecule has 3 heteroatoms. The van der Waals surface area contributed by atoms with Gasteiger partial charge in [0.15, 0.2) is 0 Å². The van der Waals surface area contributed by atoms with E-state index in [0.29, 0.717) is 11.8 Å². The lowest BCUT2D eigenvalue weighted by Crippen LogP contribution is -2.28. The predicted octanol–water partition coefficient (Wildman–Crippen LogP) is 4.12. The van der Waals surface area contributed by atoms with Gasteiger partial charge >= 0.3 is 5.97 Å². The highest BCUT2D eigenvalue weighted by Gasteiger charge is 2.27. The number of carbonyl (C=O) groups excluding carboxylic acids is 1. The van der Waals surface area contributed by atoms with Gasteiger partial charge in [0.05, 0.1) is 5.56 Å². The molecule has 0 radical (unpaired) electrons. The largest absolute Gasteiger partial charge is 0.459 e. The average molecular weight is 264 g/mol. The molecule has 1 aromatic rings. The zero-order valence-corrected chi connectivity index (χ0v) is 11.8. The number of hydrogen-bond donors (Lipinski definition) is 0. The van der Waals surface area contributed by atoms with Gasteiger partial charge in [-0.15, -0.1) is 0 Å². The first kappa shape index (κ1) is 14.0. The minimum absolute atomic E-state index is 0.0471.